The molecule has 1 amide bonds. The van der Waals surface area contributed by atoms with E-state index in [1.807, 2.05) is 25.1 Å². The molecule has 26 heavy (non-hydrogen) atoms. The van der Waals surface area contributed by atoms with E-state index in [9.17, 15) is 4.79 Å². The Labute approximate surface area is 153 Å². The number of oxazole rings is 1. The fourth-order valence-corrected chi connectivity index (χ4v) is 3.05. The minimum Gasteiger partial charge on any atom is -0.495 e. The Kier molecular flexibility index (Phi) is 6.12. The maximum atomic E-state index is 11.9. The van der Waals surface area contributed by atoms with Gasteiger partial charge in [-0.05, 0) is 18.6 Å². The highest BCUT2D eigenvalue weighted by Crippen LogP contribution is 2.28. The number of aromatic nitrogens is 1. The predicted molar refractivity (Wildman–Crippen MR) is 99.6 cm³/mol. The molecular weight excluding hydrogens is 332 g/mol. The molecule has 1 aromatic heterocycles. The fourth-order valence-electron chi connectivity index (χ4n) is 3.05. The van der Waals surface area contributed by atoms with Crippen molar-refractivity contribution >= 4 is 11.6 Å². The molecule has 1 aromatic carbocycles. The fraction of sp³-hybridized carbons (Fsp3) is 0.474. The smallest absolute Gasteiger partial charge is 0.273 e. The van der Waals surface area contributed by atoms with Crippen molar-refractivity contribution in [2.24, 2.45) is 0 Å². The van der Waals surface area contributed by atoms with E-state index < -0.39 is 0 Å². The van der Waals surface area contributed by atoms with Crippen molar-refractivity contribution in [3.63, 3.8) is 0 Å². The number of para-hydroxylation sites is 2. The van der Waals surface area contributed by atoms with Crippen LogP contribution in [0.2, 0.25) is 0 Å². The van der Waals surface area contributed by atoms with Gasteiger partial charge in [0.05, 0.1) is 19.3 Å². The zero-order chi connectivity index (χ0) is 18.4. The summed E-state index contributed by atoms with van der Waals surface area (Å²) in [6.45, 7) is 6.89. The van der Waals surface area contributed by atoms with E-state index in [0.29, 0.717) is 24.7 Å². The van der Waals surface area contributed by atoms with Crippen LogP contribution in [0.15, 0.2) is 34.9 Å². The molecule has 7 nitrogen and oxygen atoms in total. The number of carbonyl (C=O) groups excluding carboxylic acids is 1. The van der Waals surface area contributed by atoms with Gasteiger partial charge < -0.3 is 19.4 Å². The number of anilines is 1. The van der Waals surface area contributed by atoms with Crippen molar-refractivity contribution in [2.45, 2.75) is 19.9 Å². The summed E-state index contributed by atoms with van der Waals surface area (Å²) < 4.78 is 10.9. The minimum atomic E-state index is -0.178. The number of ether oxygens (including phenoxy) is 1. The first kappa shape index (κ1) is 18.3. The third-order valence-electron chi connectivity index (χ3n) is 4.48. The molecule has 1 N–H and O–H groups in total. The standard InChI is InChI=1S/C19H26N4O3/c1-3-8-20-19(24)15-14-26-18(21-15)13-22-9-11-23(12-10-22)16-6-4-5-7-17(16)25-2/h4-7,14H,3,8-13H2,1-2H3,(H,20,24). The second-order valence-corrected chi connectivity index (χ2v) is 6.32. The first-order valence-corrected chi connectivity index (χ1v) is 9.04. The van der Waals surface area contributed by atoms with Crippen LogP contribution >= 0.6 is 0 Å². The molecule has 0 radical (unpaired) electrons. The van der Waals surface area contributed by atoms with Gasteiger partial charge in [-0.1, -0.05) is 19.1 Å². The van der Waals surface area contributed by atoms with Crippen LogP contribution in [-0.2, 0) is 6.54 Å². The number of hydrogen-bond acceptors (Lipinski definition) is 6. The van der Waals surface area contributed by atoms with E-state index in [1.54, 1.807) is 7.11 Å². The molecule has 0 saturated carbocycles. The molecule has 1 fully saturated rings. The van der Waals surface area contributed by atoms with Gasteiger partial charge in [0.2, 0.25) is 5.89 Å². The van der Waals surface area contributed by atoms with Gasteiger partial charge in [-0.25, -0.2) is 4.98 Å². The average molecular weight is 358 g/mol. The van der Waals surface area contributed by atoms with E-state index in [2.05, 4.69) is 26.2 Å². The highest BCUT2D eigenvalue weighted by atomic mass is 16.5. The third kappa shape index (κ3) is 4.35. The summed E-state index contributed by atoms with van der Waals surface area (Å²) in [6, 6.07) is 8.08. The molecular formula is C19H26N4O3. The molecule has 3 rings (SSSR count). The Morgan fingerprint density at radius 1 is 1.27 bits per heavy atom. The van der Waals surface area contributed by atoms with Crippen molar-refractivity contribution in [3.8, 4) is 5.75 Å². The molecule has 0 aliphatic carbocycles. The SMILES string of the molecule is CCCNC(=O)c1coc(CN2CCN(c3ccccc3OC)CC2)n1. The van der Waals surface area contributed by atoms with E-state index in [-0.39, 0.29) is 5.91 Å². The Balaban J connectivity index is 1.53. The summed E-state index contributed by atoms with van der Waals surface area (Å²) in [5.41, 5.74) is 1.47. The van der Waals surface area contributed by atoms with E-state index in [1.165, 1.54) is 6.26 Å². The lowest BCUT2D eigenvalue weighted by Gasteiger charge is -2.36. The highest BCUT2D eigenvalue weighted by molar-refractivity contribution is 5.91. The summed E-state index contributed by atoms with van der Waals surface area (Å²) >= 11 is 0. The number of carbonyl (C=O) groups is 1. The first-order valence-electron chi connectivity index (χ1n) is 9.04. The second kappa shape index (κ2) is 8.71. The van der Waals surface area contributed by atoms with Crippen molar-refractivity contribution in [1.29, 1.82) is 0 Å². The molecule has 0 spiro atoms. The van der Waals surface area contributed by atoms with Crippen LogP contribution in [0.4, 0.5) is 5.69 Å². The third-order valence-corrected chi connectivity index (χ3v) is 4.48. The van der Waals surface area contributed by atoms with Gasteiger partial charge in [-0.15, -0.1) is 0 Å². The number of hydrogen-bond donors (Lipinski definition) is 1. The minimum absolute atomic E-state index is 0.178. The molecule has 1 saturated heterocycles. The van der Waals surface area contributed by atoms with Crippen molar-refractivity contribution in [1.82, 2.24) is 15.2 Å². The van der Waals surface area contributed by atoms with Crippen LogP contribution in [0.3, 0.4) is 0 Å². The lowest BCUT2D eigenvalue weighted by molar-refractivity contribution is 0.0948. The number of benzene rings is 1. The highest BCUT2D eigenvalue weighted by Gasteiger charge is 2.21. The van der Waals surface area contributed by atoms with Crippen molar-refractivity contribution in [3.05, 3.63) is 42.1 Å². The number of piperazine rings is 1. The molecule has 7 heteroatoms. The van der Waals surface area contributed by atoms with Gasteiger partial charge >= 0.3 is 0 Å². The molecule has 2 heterocycles. The molecule has 1 aliphatic heterocycles. The van der Waals surface area contributed by atoms with Crippen LogP contribution < -0.4 is 15.0 Å². The monoisotopic (exact) mass is 358 g/mol. The first-order chi connectivity index (χ1) is 12.7. The van der Waals surface area contributed by atoms with Crippen LogP contribution in [0.5, 0.6) is 5.75 Å². The van der Waals surface area contributed by atoms with Gasteiger partial charge in [0.25, 0.3) is 5.91 Å². The van der Waals surface area contributed by atoms with E-state index >= 15 is 0 Å². The maximum Gasteiger partial charge on any atom is 0.273 e. The second-order valence-electron chi connectivity index (χ2n) is 6.32. The maximum absolute atomic E-state index is 11.9. The van der Waals surface area contributed by atoms with E-state index in [0.717, 1.165) is 44.0 Å². The van der Waals surface area contributed by atoms with Gasteiger partial charge in [0, 0.05) is 32.7 Å². The Morgan fingerprint density at radius 2 is 2.04 bits per heavy atom. The zero-order valence-corrected chi connectivity index (χ0v) is 15.4. The lowest BCUT2D eigenvalue weighted by Crippen LogP contribution is -2.46. The number of amides is 1. The van der Waals surface area contributed by atoms with Gasteiger partial charge in [0.1, 0.15) is 12.0 Å². The quantitative estimate of drug-likeness (QED) is 0.818. The van der Waals surface area contributed by atoms with Crippen LogP contribution in [0, 0.1) is 0 Å². The number of nitrogens with one attached hydrogen (secondary N) is 1. The summed E-state index contributed by atoms with van der Waals surface area (Å²) in [4.78, 5) is 20.8. The summed E-state index contributed by atoms with van der Waals surface area (Å²) in [6.07, 6.45) is 2.33. The molecule has 0 unspecified atom stereocenters. The van der Waals surface area contributed by atoms with Gasteiger partial charge in [-0.2, -0.15) is 0 Å². The van der Waals surface area contributed by atoms with Gasteiger partial charge in [-0.3, -0.25) is 9.69 Å². The molecule has 2 aromatic rings. The van der Waals surface area contributed by atoms with Gasteiger partial charge in [0.15, 0.2) is 5.69 Å². The Hall–Kier alpha value is -2.54. The van der Waals surface area contributed by atoms with Crippen LogP contribution in [-0.4, -0.2) is 55.6 Å². The predicted octanol–water partition coefficient (Wildman–Crippen LogP) is 2.15. The molecule has 1 aliphatic rings. The average Bonchev–Trinajstić information content (AvgIpc) is 3.15. The number of rotatable bonds is 7. The number of nitrogens with zero attached hydrogens (tertiary/aromatic N) is 3. The summed E-state index contributed by atoms with van der Waals surface area (Å²) in [5.74, 6) is 1.30. The Morgan fingerprint density at radius 3 is 2.77 bits per heavy atom. The van der Waals surface area contributed by atoms with E-state index in [4.69, 9.17) is 9.15 Å². The lowest BCUT2D eigenvalue weighted by atomic mass is 10.2. The Bertz CT molecular complexity index is 723. The van der Waals surface area contributed by atoms with Crippen molar-refractivity contribution in [2.75, 3.05) is 44.7 Å². The summed E-state index contributed by atoms with van der Waals surface area (Å²) in [7, 11) is 1.70. The largest absolute Gasteiger partial charge is 0.495 e. The molecule has 140 valence electrons. The summed E-state index contributed by atoms with van der Waals surface area (Å²) in [5, 5.41) is 2.81. The number of methoxy groups -OCH3 is 1. The molecule has 0 atom stereocenters. The van der Waals surface area contributed by atoms with Crippen molar-refractivity contribution < 1.29 is 13.9 Å². The topological polar surface area (TPSA) is 70.8 Å². The van der Waals surface area contributed by atoms with Crippen LogP contribution in [0.25, 0.3) is 0 Å². The zero-order valence-electron chi connectivity index (χ0n) is 15.4. The normalized spacial score (nSPS) is 15.1. The molecule has 0 bridgehead atoms. The van der Waals surface area contributed by atoms with Crippen LogP contribution in [0.1, 0.15) is 29.7 Å².